The molecule has 1 amide bonds. The van der Waals surface area contributed by atoms with Gasteiger partial charge in [0.2, 0.25) is 5.91 Å². The predicted molar refractivity (Wildman–Crippen MR) is 57.4 cm³/mol. The average molecular weight is 227 g/mol. The van der Waals surface area contributed by atoms with Crippen molar-refractivity contribution in [2.75, 3.05) is 13.7 Å². The molecule has 1 rings (SSSR count). The molecular formula is C9H17N5O2. The van der Waals surface area contributed by atoms with Crippen molar-refractivity contribution < 1.29 is 9.53 Å². The molecule has 1 atom stereocenters. The first-order chi connectivity index (χ1) is 7.69. The van der Waals surface area contributed by atoms with E-state index in [9.17, 15) is 4.79 Å². The Kier molecular flexibility index (Phi) is 4.87. The Hall–Kier alpha value is -1.47. The number of ether oxygens (including phenoxy) is 1. The second-order valence-electron chi connectivity index (χ2n) is 3.31. The number of nitrogens with one attached hydrogen (secondary N) is 1. The lowest BCUT2D eigenvalue weighted by Gasteiger charge is -2.10. The summed E-state index contributed by atoms with van der Waals surface area (Å²) in [4.78, 5) is 11.5. The van der Waals surface area contributed by atoms with Crippen molar-refractivity contribution in [1.29, 1.82) is 0 Å². The Bertz CT molecular complexity index is 338. The fourth-order valence-electron chi connectivity index (χ4n) is 1.23. The second kappa shape index (κ2) is 6.19. The van der Waals surface area contributed by atoms with Crippen LogP contribution in [-0.4, -0.2) is 40.4 Å². The molecule has 0 spiro atoms. The number of carbonyl (C=O) groups excluding carboxylic acids is 1. The third-order valence-electron chi connectivity index (χ3n) is 2.14. The molecule has 0 aliphatic heterocycles. The molecule has 7 nitrogen and oxygen atoms in total. The molecular weight excluding hydrogens is 210 g/mol. The van der Waals surface area contributed by atoms with E-state index in [-0.39, 0.29) is 12.5 Å². The summed E-state index contributed by atoms with van der Waals surface area (Å²) in [5, 5.41) is 10.3. The van der Waals surface area contributed by atoms with Crippen molar-refractivity contribution in [2.45, 2.75) is 26.1 Å². The summed E-state index contributed by atoms with van der Waals surface area (Å²) < 4.78 is 6.64. The summed E-state index contributed by atoms with van der Waals surface area (Å²) >= 11 is 0. The topological polar surface area (TPSA) is 95.1 Å². The first-order valence-electron chi connectivity index (χ1n) is 5.08. The van der Waals surface area contributed by atoms with Crippen LogP contribution in [0.5, 0.6) is 0 Å². The van der Waals surface area contributed by atoms with Gasteiger partial charge < -0.3 is 20.4 Å². The van der Waals surface area contributed by atoms with Gasteiger partial charge in [-0.2, -0.15) is 0 Å². The van der Waals surface area contributed by atoms with Crippen LogP contribution < -0.4 is 11.1 Å². The van der Waals surface area contributed by atoms with Gasteiger partial charge in [0.15, 0.2) is 5.82 Å². The Morgan fingerprint density at radius 2 is 2.50 bits per heavy atom. The molecule has 16 heavy (non-hydrogen) atoms. The summed E-state index contributed by atoms with van der Waals surface area (Å²) in [5.74, 6) is 0.452. The van der Waals surface area contributed by atoms with Crippen LogP contribution in [0.2, 0.25) is 0 Å². The highest BCUT2D eigenvalue weighted by Crippen LogP contribution is 1.94. The Morgan fingerprint density at radius 1 is 1.75 bits per heavy atom. The minimum Gasteiger partial charge on any atom is -0.383 e. The predicted octanol–water partition coefficient (Wildman–Crippen LogP) is -1.11. The second-order valence-corrected chi connectivity index (χ2v) is 3.31. The van der Waals surface area contributed by atoms with E-state index in [1.807, 2.05) is 11.5 Å². The van der Waals surface area contributed by atoms with Crippen molar-refractivity contribution in [1.82, 2.24) is 20.1 Å². The molecule has 3 N–H and O–H groups in total. The van der Waals surface area contributed by atoms with Crippen LogP contribution in [0.4, 0.5) is 0 Å². The van der Waals surface area contributed by atoms with Crippen LogP contribution in [0.3, 0.4) is 0 Å². The quantitative estimate of drug-likeness (QED) is 0.642. The van der Waals surface area contributed by atoms with Crippen molar-refractivity contribution >= 4 is 5.91 Å². The van der Waals surface area contributed by atoms with Crippen molar-refractivity contribution in [2.24, 2.45) is 5.73 Å². The monoisotopic (exact) mass is 227 g/mol. The molecule has 0 saturated heterocycles. The molecule has 0 aliphatic rings. The van der Waals surface area contributed by atoms with Crippen LogP contribution in [-0.2, 0) is 22.6 Å². The number of nitrogens with zero attached hydrogens (tertiary/aromatic N) is 3. The number of carbonyl (C=O) groups is 1. The number of aryl methyl sites for hydroxylation is 1. The lowest BCUT2D eigenvalue weighted by Crippen LogP contribution is -2.43. The Balaban J connectivity index is 2.42. The Labute approximate surface area is 94.0 Å². The highest BCUT2D eigenvalue weighted by Gasteiger charge is 2.13. The fourth-order valence-corrected chi connectivity index (χ4v) is 1.23. The van der Waals surface area contributed by atoms with Gasteiger partial charge in [0.1, 0.15) is 12.4 Å². The average Bonchev–Trinajstić information content (AvgIpc) is 2.73. The van der Waals surface area contributed by atoms with Gasteiger partial charge in [-0.1, -0.05) is 0 Å². The number of nitrogens with two attached hydrogens (primary N) is 1. The SMILES string of the molecule is CCn1cnnc1CNC(=O)C(N)COC. The fraction of sp³-hybridized carbons (Fsp3) is 0.667. The van der Waals surface area contributed by atoms with Crippen LogP contribution >= 0.6 is 0 Å². The zero-order valence-electron chi connectivity index (χ0n) is 9.51. The van der Waals surface area contributed by atoms with Crippen LogP contribution in [0.25, 0.3) is 0 Å². The summed E-state index contributed by atoms with van der Waals surface area (Å²) in [6.07, 6.45) is 1.62. The van der Waals surface area contributed by atoms with E-state index in [0.717, 1.165) is 6.54 Å². The van der Waals surface area contributed by atoms with E-state index in [4.69, 9.17) is 10.5 Å². The largest absolute Gasteiger partial charge is 0.383 e. The van der Waals surface area contributed by atoms with Gasteiger partial charge >= 0.3 is 0 Å². The molecule has 1 unspecified atom stereocenters. The van der Waals surface area contributed by atoms with Gasteiger partial charge in [0.05, 0.1) is 13.2 Å². The zero-order valence-corrected chi connectivity index (χ0v) is 9.51. The van der Waals surface area contributed by atoms with E-state index >= 15 is 0 Å². The van der Waals surface area contributed by atoms with Gasteiger partial charge in [-0.3, -0.25) is 4.79 Å². The lowest BCUT2D eigenvalue weighted by molar-refractivity contribution is -0.123. The number of hydrogen-bond donors (Lipinski definition) is 2. The molecule has 90 valence electrons. The maximum absolute atomic E-state index is 11.5. The highest BCUT2D eigenvalue weighted by molar-refractivity contribution is 5.81. The number of amides is 1. The smallest absolute Gasteiger partial charge is 0.239 e. The first-order valence-corrected chi connectivity index (χ1v) is 5.08. The molecule has 0 bridgehead atoms. The van der Waals surface area contributed by atoms with E-state index in [2.05, 4.69) is 15.5 Å². The van der Waals surface area contributed by atoms with E-state index in [1.54, 1.807) is 6.33 Å². The number of rotatable bonds is 6. The zero-order chi connectivity index (χ0) is 12.0. The highest BCUT2D eigenvalue weighted by atomic mass is 16.5. The summed E-state index contributed by atoms with van der Waals surface area (Å²) in [6, 6.07) is -0.650. The van der Waals surface area contributed by atoms with Crippen LogP contribution in [0, 0.1) is 0 Å². The van der Waals surface area contributed by atoms with Crippen molar-refractivity contribution in [3.63, 3.8) is 0 Å². The summed E-state index contributed by atoms with van der Waals surface area (Å²) in [6.45, 7) is 3.27. The van der Waals surface area contributed by atoms with Crippen LogP contribution in [0.15, 0.2) is 6.33 Å². The standard InChI is InChI=1S/C9H17N5O2/c1-3-14-6-12-13-8(14)4-11-9(15)7(10)5-16-2/h6-7H,3-5,10H2,1-2H3,(H,11,15). The first kappa shape index (κ1) is 12.6. The van der Waals surface area contributed by atoms with Crippen molar-refractivity contribution in [3.8, 4) is 0 Å². The van der Waals surface area contributed by atoms with Gasteiger partial charge in [-0.15, -0.1) is 10.2 Å². The van der Waals surface area contributed by atoms with Crippen molar-refractivity contribution in [3.05, 3.63) is 12.2 Å². The third-order valence-corrected chi connectivity index (χ3v) is 2.14. The van der Waals surface area contributed by atoms with Crippen LogP contribution in [0.1, 0.15) is 12.7 Å². The van der Waals surface area contributed by atoms with E-state index in [1.165, 1.54) is 7.11 Å². The molecule has 0 saturated carbocycles. The molecule has 1 aromatic heterocycles. The number of aromatic nitrogens is 3. The van der Waals surface area contributed by atoms with Gasteiger partial charge in [0, 0.05) is 13.7 Å². The summed E-state index contributed by atoms with van der Waals surface area (Å²) in [5.41, 5.74) is 5.56. The molecule has 0 aliphatic carbocycles. The summed E-state index contributed by atoms with van der Waals surface area (Å²) in [7, 11) is 1.50. The Morgan fingerprint density at radius 3 is 3.12 bits per heavy atom. The van der Waals surface area contributed by atoms with Gasteiger partial charge in [-0.25, -0.2) is 0 Å². The normalized spacial score (nSPS) is 12.4. The molecule has 1 aromatic rings. The van der Waals surface area contributed by atoms with Gasteiger partial charge in [0.25, 0.3) is 0 Å². The molecule has 0 aromatic carbocycles. The molecule has 7 heteroatoms. The minimum absolute atomic E-state index is 0.201. The maximum atomic E-state index is 11.5. The number of methoxy groups -OCH3 is 1. The maximum Gasteiger partial charge on any atom is 0.239 e. The lowest BCUT2D eigenvalue weighted by atomic mass is 10.3. The molecule has 1 heterocycles. The third kappa shape index (κ3) is 3.28. The minimum atomic E-state index is -0.650. The molecule has 0 radical (unpaired) electrons. The van der Waals surface area contributed by atoms with E-state index < -0.39 is 6.04 Å². The number of hydrogen-bond acceptors (Lipinski definition) is 5. The molecule has 0 fully saturated rings. The van der Waals surface area contributed by atoms with Gasteiger partial charge in [-0.05, 0) is 6.92 Å². The van der Waals surface area contributed by atoms with E-state index in [0.29, 0.717) is 12.4 Å².